The van der Waals surface area contributed by atoms with Crippen molar-refractivity contribution in [3.63, 3.8) is 0 Å². The van der Waals surface area contributed by atoms with E-state index in [1.807, 2.05) is 35.9 Å². The lowest BCUT2D eigenvalue weighted by molar-refractivity contribution is 0.0950. The first-order chi connectivity index (χ1) is 10.7. The topological polar surface area (TPSA) is 46.9 Å². The van der Waals surface area contributed by atoms with Crippen LogP contribution in [-0.2, 0) is 13.1 Å². The fourth-order valence-corrected chi connectivity index (χ4v) is 2.44. The molecule has 1 amide bonds. The summed E-state index contributed by atoms with van der Waals surface area (Å²) in [6.07, 6.45) is 0. The Morgan fingerprint density at radius 3 is 2.64 bits per heavy atom. The number of nitrogens with one attached hydrogen (secondary N) is 1. The zero-order chi connectivity index (χ0) is 15.5. The van der Waals surface area contributed by atoms with Crippen LogP contribution in [0.5, 0.6) is 0 Å². The van der Waals surface area contributed by atoms with E-state index in [2.05, 4.69) is 10.4 Å². The van der Waals surface area contributed by atoms with Gasteiger partial charge in [-0.2, -0.15) is 5.10 Å². The van der Waals surface area contributed by atoms with Gasteiger partial charge in [-0.3, -0.25) is 9.48 Å². The highest BCUT2D eigenvalue weighted by Gasteiger charge is 2.11. The SMILES string of the molecule is CCn1nc(CNC(=O)c2ccc(F)cc2)c2ccccc21. The molecule has 3 rings (SSSR count). The number of carbonyl (C=O) groups is 1. The first-order valence-corrected chi connectivity index (χ1v) is 7.17. The van der Waals surface area contributed by atoms with Crippen molar-refractivity contribution in [1.29, 1.82) is 0 Å². The molecular formula is C17H16FN3O. The van der Waals surface area contributed by atoms with Crippen molar-refractivity contribution in [3.8, 4) is 0 Å². The van der Waals surface area contributed by atoms with Crippen LogP contribution in [0, 0.1) is 5.82 Å². The predicted octanol–water partition coefficient (Wildman–Crippen LogP) is 3.13. The van der Waals surface area contributed by atoms with Crippen molar-refractivity contribution in [2.45, 2.75) is 20.0 Å². The van der Waals surface area contributed by atoms with Crippen LogP contribution in [0.1, 0.15) is 23.0 Å². The summed E-state index contributed by atoms with van der Waals surface area (Å²) in [7, 11) is 0. The Kier molecular flexibility index (Phi) is 3.87. The van der Waals surface area contributed by atoms with E-state index in [-0.39, 0.29) is 11.7 Å². The van der Waals surface area contributed by atoms with Gasteiger partial charge in [0.25, 0.3) is 5.91 Å². The average Bonchev–Trinajstić information content (AvgIpc) is 2.91. The Hall–Kier alpha value is -2.69. The first kappa shape index (κ1) is 14.3. The number of fused-ring (bicyclic) bond motifs is 1. The Morgan fingerprint density at radius 2 is 1.91 bits per heavy atom. The highest BCUT2D eigenvalue weighted by atomic mass is 19.1. The monoisotopic (exact) mass is 297 g/mol. The number of aromatic nitrogens is 2. The minimum absolute atomic E-state index is 0.241. The molecule has 3 aromatic rings. The van der Waals surface area contributed by atoms with Crippen LogP contribution in [-0.4, -0.2) is 15.7 Å². The van der Waals surface area contributed by atoms with Gasteiger partial charge in [0.05, 0.1) is 17.8 Å². The summed E-state index contributed by atoms with van der Waals surface area (Å²) < 4.78 is 14.8. The second-order valence-electron chi connectivity index (χ2n) is 4.97. The third-order valence-electron chi connectivity index (χ3n) is 3.56. The Morgan fingerprint density at radius 1 is 1.18 bits per heavy atom. The van der Waals surface area contributed by atoms with E-state index in [0.29, 0.717) is 12.1 Å². The van der Waals surface area contributed by atoms with Crippen molar-refractivity contribution in [2.24, 2.45) is 0 Å². The standard InChI is InChI=1S/C17H16FN3O/c1-2-21-16-6-4-3-5-14(16)15(20-21)11-19-17(22)12-7-9-13(18)10-8-12/h3-10H,2,11H2,1H3,(H,19,22). The maximum Gasteiger partial charge on any atom is 0.251 e. The molecule has 0 fully saturated rings. The minimum atomic E-state index is -0.357. The van der Waals surface area contributed by atoms with E-state index >= 15 is 0 Å². The molecule has 1 heterocycles. The Labute approximate surface area is 127 Å². The van der Waals surface area contributed by atoms with Crippen LogP contribution in [0.15, 0.2) is 48.5 Å². The lowest BCUT2D eigenvalue weighted by Crippen LogP contribution is -2.23. The summed E-state index contributed by atoms with van der Waals surface area (Å²) in [5, 5.41) is 8.39. The fraction of sp³-hybridized carbons (Fsp3) is 0.176. The van der Waals surface area contributed by atoms with Gasteiger partial charge in [0, 0.05) is 17.5 Å². The molecule has 0 saturated carbocycles. The molecule has 22 heavy (non-hydrogen) atoms. The Bertz CT molecular complexity index is 808. The molecule has 0 atom stereocenters. The highest BCUT2D eigenvalue weighted by Crippen LogP contribution is 2.18. The van der Waals surface area contributed by atoms with E-state index < -0.39 is 0 Å². The minimum Gasteiger partial charge on any atom is -0.346 e. The number of nitrogens with zero attached hydrogens (tertiary/aromatic N) is 2. The Balaban J connectivity index is 1.79. The summed E-state index contributed by atoms with van der Waals surface area (Å²) in [4.78, 5) is 12.1. The maximum absolute atomic E-state index is 12.9. The van der Waals surface area contributed by atoms with Gasteiger partial charge in [-0.05, 0) is 37.3 Å². The summed E-state index contributed by atoms with van der Waals surface area (Å²) in [5.41, 5.74) is 2.31. The average molecular weight is 297 g/mol. The van der Waals surface area contributed by atoms with Gasteiger partial charge in [0.2, 0.25) is 0 Å². The molecule has 0 aliphatic heterocycles. The predicted molar refractivity (Wildman–Crippen MR) is 83.0 cm³/mol. The van der Waals surface area contributed by atoms with Gasteiger partial charge >= 0.3 is 0 Å². The molecule has 0 bridgehead atoms. The number of rotatable bonds is 4. The van der Waals surface area contributed by atoms with E-state index in [1.165, 1.54) is 24.3 Å². The normalized spacial score (nSPS) is 10.8. The number of halogens is 1. The lowest BCUT2D eigenvalue weighted by Gasteiger charge is -2.03. The quantitative estimate of drug-likeness (QED) is 0.804. The molecular weight excluding hydrogens is 281 g/mol. The molecule has 112 valence electrons. The first-order valence-electron chi connectivity index (χ1n) is 7.17. The van der Waals surface area contributed by atoms with E-state index in [0.717, 1.165) is 23.1 Å². The molecule has 1 aromatic heterocycles. The van der Waals surface area contributed by atoms with Crippen molar-refractivity contribution < 1.29 is 9.18 Å². The van der Waals surface area contributed by atoms with Crippen molar-refractivity contribution in [3.05, 3.63) is 65.6 Å². The van der Waals surface area contributed by atoms with Gasteiger partial charge in [-0.15, -0.1) is 0 Å². The lowest BCUT2D eigenvalue weighted by atomic mass is 10.2. The molecule has 5 heteroatoms. The largest absolute Gasteiger partial charge is 0.346 e. The second-order valence-corrected chi connectivity index (χ2v) is 4.97. The summed E-state index contributed by atoms with van der Waals surface area (Å²) in [6, 6.07) is 13.4. The maximum atomic E-state index is 12.9. The highest BCUT2D eigenvalue weighted by molar-refractivity contribution is 5.94. The molecule has 0 unspecified atom stereocenters. The fourth-order valence-electron chi connectivity index (χ4n) is 2.44. The number of hydrogen-bond acceptors (Lipinski definition) is 2. The van der Waals surface area contributed by atoms with Crippen molar-refractivity contribution >= 4 is 16.8 Å². The molecule has 0 spiro atoms. The number of benzene rings is 2. The molecule has 4 nitrogen and oxygen atoms in total. The molecule has 0 aliphatic carbocycles. The third kappa shape index (κ3) is 2.70. The van der Waals surface area contributed by atoms with Crippen molar-refractivity contribution in [1.82, 2.24) is 15.1 Å². The van der Waals surface area contributed by atoms with Gasteiger partial charge in [0.15, 0.2) is 0 Å². The number of carbonyl (C=O) groups excluding carboxylic acids is 1. The van der Waals surface area contributed by atoms with Gasteiger partial charge in [-0.25, -0.2) is 4.39 Å². The summed E-state index contributed by atoms with van der Waals surface area (Å²) >= 11 is 0. The smallest absolute Gasteiger partial charge is 0.251 e. The number of para-hydroxylation sites is 1. The van der Waals surface area contributed by atoms with Crippen LogP contribution in [0.25, 0.3) is 10.9 Å². The number of aryl methyl sites for hydroxylation is 1. The molecule has 0 radical (unpaired) electrons. The van der Waals surface area contributed by atoms with Gasteiger partial charge in [0.1, 0.15) is 5.82 Å². The van der Waals surface area contributed by atoms with Crippen LogP contribution in [0.3, 0.4) is 0 Å². The molecule has 0 aliphatic rings. The van der Waals surface area contributed by atoms with Crippen LogP contribution < -0.4 is 5.32 Å². The number of hydrogen-bond donors (Lipinski definition) is 1. The van der Waals surface area contributed by atoms with Crippen LogP contribution in [0.2, 0.25) is 0 Å². The van der Waals surface area contributed by atoms with E-state index in [4.69, 9.17) is 0 Å². The molecule has 1 N–H and O–H groups in total. The number of amides is 1. The second kappa shape index (κ2) is 5.97. The van der Waals surface area contributed by atoms with Crippen LogP contribution in [0.4, 0.5) is 4.39 Å². The summed E-state index contributed by atoms with van der Waals surface area (Å²) in [6.45, 7) is 3.14. The van der Waals surface area contributed by atoms with Gasteiger partial charge < -0.3 is 5.32 Å². The van der Waals surface area contributed by atoms with E-state index in [9.17, 15) is 9.18 Å². The molecule has 0 saturated heterocycles. The summed E-state index contributed by atoms with van der Waals surface area (Å²) in [5.74, 6) is -0.598. The zero-order valence-corrected chi connectivity index (χ0v) is 12.2. The zero-order valence-electron chi connectivity index (χ0n) is 12.2. The van der Waals surface area contributed by atoms with Gasteiger partial charge in [-0.1, -0.05) is 18.2 Å². The third-order valence-corrected chi connectivity index (χ3v) is 3.56. The molecule has 2 aromatic carbocycles. The van der Waals surface area contributed by atoms with E-state index in [1.54, 1.807) is 0 Å². The van der Waals surface area contributed by atoms with Crippen LogP contribution >= 0.6 is 0 Å². The van der Waals surface area contributed by atoms with Crippen molar-refractivity contribution in [2.75, 3.05) is 0 Å².